The van der Waals surface area contributed by atoms with E-state index < -0.39 is 84.3 Å². The molecule has 1 aliphatic carbocycles. The van der Waals surface area contributed by atoms with Gasteiger partial charge in [0, 0.05) is 37.4 Å². The van der Waals surface area contributed by atoms with Crippen molar-refractivity contribution in [3.05, 3.63) is 0 Å². The molecule has 1 saturated carbocycles. The number of carbonyl (C=O) groups excluding carboxylic acids is 2. The minimum Gasteiger partial charge on any atom is -0.457 e. The van der Waals surface area contributed by atoms with Gasteiger partial charge in [-0.15, -0.1) is 6.42 Å². The van der Waals surface area contributed by atoms with Crippen molar-refractivity contribution in [2.75, 3.05) is 20.0 Å². The van der Waals surface area contributed by atoms with E-state index in [0.717, 1.165) is 43.9 Å². The predicted molar refractivity (Wildman–Crippen MR) is 241 cm³/mol. The SMILES string of the molecule is C#CC#CC#CC#CC#CSC(=O)CCC.CCCCCCCCCCCCCCCC(=O)O[C@H](COCO)COP(=O)(O)OC1C(O)[C@H](O)[C@H](O)C(OP(=O)(O)O)[C@@H]1O.[HH].[HH].[HH].[HH].[HH].[HH].[HH].[HH].[HH]. The van der Waals surface area contributed by atoms with Gasteiger partial charge in [0.1, 0.15) is 49.5 Å². The molecule has 0 aromatic rings. The highest BCUT2D eigenvalue weighted by Gasteiger charge is 2.54. The zero-order valence-corrected chi connectivity index (χ0v) is 36.7. The molecule has 0 aromatic heterocycles. The Labute approximate surface area is 371 Å². The topological polar surface area (TPSA) is 276 Å². The van der Waals surface area contributed by atoms with E-state index in [-0.39, 0.29) is 24.4 Å². The standard InChI is InChI=1S/C26H52O16P2.C14H8OS.9H2/c1-2-3-4-5-6-7-8-9-10-11-12-13-14-15-20(28)40-19(16-38-18-27)17-39-44(36,37)42-26-23(31)21(29)22(30)25(24(26)32)41-43(33,34)35;1-3-5-6-7-8-9-10-11-13-16-14(15)12-4-2;;;;;;;;;/h19,21-27,29-32H,2-18H2,1H3,(H,36,37)(H2,33,34,35);1H,4,12H2,2H3;9*1H/t19-,21-,22+,23?,24+,25?,26?;;;;;;;;;;/m1........../s1. The van der Waals surface area contributed by atoms with Gasteiger partial charge < -0.3 is 49.7 Å². The predicted octanol–water partition coefficient (Wildman–Crippen LogP) is 5.65. The number of hydrogen-bond donors (Lipinski definition) is 8. The first-order chi connectivity index (χ1) is 28.5. The molecule has 356 valence electrons. The number of hydrogen-bond acceptors (Lipinski definition) is 15. The van der Waals surface area contributed by atoms with E-state index in [4.69, 9.17) is 39.8 Å². The number of ether oxygens (including phenoxy) is 2. The summed E-state index contributed by atoms with van der Waals surface area (Å²) in [5.41, 5.74) is 0. The summed E-state index contributed by atoms with van der Waals surface area (Å²) in [5, 5.41) is 51.9. The highest BCUT2D eigenvalue weighted by molar-refractivity contribution is 8.17. The fraction of sp³-hybridized carbons (Fsp3) is 0.700. The molecule has 1 aliphatic rings. The molecule has 0 spiro atoms. The number of aliphatic hydroxyl groups is 5. The molecule has 0 aromatic carbocycles. The number of thioether (sulfide) groups is 1. The van der Waals surface area contributed by atoms with E-state index >= 15 is 0 Å². The van der Waals surface area contributed by atoms with Gasteiger partial charge in [0.25, 0.3) is 0 Å². The summed E-state index contributed by atoms with van der Waals surface area (Å²) in [7, 11) is -10.5. The molecule has 0 bridgehead atoms. The van der Waals surface area contributed by atoms with Crippen LogP contribution < -0.4 is 0 Å². The third-order valence-electron chi connectivity index (χ3n) is 8.28. The van der Waals surface area contributed by atoms with Gasteiger partial charge in [-0.05, 0) is 65.5 Å². The molecule has 17 nitrogen and oxygen atoms in total. The quantitative estimate of drug-likeness (QED) is 0.0163. The van der Waals surface area contributed by atoms with Gasteiger partial charge in [0.15, 0.2) is 0 Å². The maximum atomic E-state index is 12.5. The van der Waals surface area contributed by atoms with Gasteiger partial charge in [-0.25, -0.2) is 9.13 Å². The lowest BCUT2D eigenvalue weighted by atomic mass is 9.85. The van der Waals surface area contributed by atoms with Crippen molar-refractivity contribution in [2.45, 2.75) is 159 Å². The van der Waals surface area contributed by atoms with Crippen LogP contribution in [0.3, 0.4) is 0 Å². The lowest BCUT2D eigenvalue weighted by Crippen LogP contribution is -2.64. The van der Waals surface area contributed by atoms with Crippen LogP contribution in [0.1, 0.15) is 129 Å². The first-order valence-corrected chi connectivity index (χ1v) is 23.5. The fourth-order valence-corrected chi connectivity index (χ4v) is 7.40. The van der Waals surface area contributed by atoms with E-state index in [1.165, 1.54) is 51.4 Å². The minimum atomic E-state index is -5.32. The van der Waals surface area contributed by atoms with Crippen LogP contribution in [0.5, 0.6) is 0 Å². The lowest BCUT2D eigenvalue weighted by Gasteiger charge is -2.43. The summed E-state index contributed by atoms with van der Waals surface area (Å²) >= 11 is 0.968. The summed E-state index contributed by atoms with van der Waals surface area (Å²) in [6.07, 6.45) is 6.49. The third-order valence-corrected chi connectivity index (χ3v) is 10.4. The Kier molecular flexibility index (Phi) is 33.2. The molecule has 1 rings (SSSR count). The largest absolute Gasteiger partial charge is 0.472 e. The van der Waals surface area contributed by atoms with Gasteiger partial charge >= 0.3 is 21.6 Å². The molecule has 8 atom stereocenters. The second kappa shape index (κ2) is 34.8. The maximum Gasteiger partial charge on any atom is 0.472 e. The molecule has 0 amide bonds. The van der Waals surface area contributed by atoms with Crippen molar-refractivity contribution in [1.82, 2.24) is 0 Å². The smallest absolute Gasteiger partial charge is 0.457 e. The maximum absolute atomic E-state index is 12.5. The number of esters is 1. The van der Waals surface area contributed by atoms with E-state index in [0.29, 0.717) is 12.8 Å². The van der Waals surface area contributed by atoms with Crippen molar-refractivity contribution < 1.29 is 94.8 Å². The number of aliphatic hydroxyl groups excluding tert-OH is 5. The van der Waals surface area contributed by atoms with Gasteiger partial charge in [0.2, 0.25) is 5.12 Å². The first kappa shape index (κ1) is 57.3. The number of phosphoric ester groups is 2. The minimum absolute atomic E-state index is 0. The molecular formula is C40H78O17P2S. The van der Waals surface area contributed by atoms with E-state index in [9.17, 15) is 44.0 Å². The van der Waals surface area contributed by atoms with Gasteiger partial charge in [-0.1, -0.05) is 90.9 Å². The molecule has 60 heavy (non-hydrogen) atoms. The van der Waals surface area contributed by atoms with Crippen LogP contribution in [0, 0.1) is 59.0 Å². The molecule has 0 heterocycles. The average Bonchev–Trinajstić information content (AvgIpc) is 3.19. The van der Waals surface area contributed by atoms with E-state index in [1.807, 2.05) is 6.92 Å². The summed E-state index contributed by atoms with van der Waals surface area (Å²) in [5.74, 6) is 18.6. The van der Waals surface area contributed by atoms with Gasteiger partial charge in [-0.2, -0.15) is 0 Å². The Morgan fingerprint density at radius 2 is 1.17 bits per heavy atom. The fourth-order valence-electron chi connectivity index (χ4n) is 5.34. The monoisotopic (exact) mass is 924 g/mol. The molecule has 8 N–H and O–H groups in total. The van der Waals surface area contributed by atoms with Crippen LogP contribution in [0.2, 0.25) is 0 Å². The van der Waals surface area contributed by atoms with Crippen LogP contribution in [-0.4, -0.2) is 114 Å². The van der Waals surface area contributed by atoms with Gasteiger partial charge in [-0.3, -0.25) is 23.2 Å². The summed E-state index contributed by atoms with van der Waals surface area (Å²) < 4.78 is 47.5. The van der Waals surface area contributed by atoms with Crippen LogP contribution in [0.15, 0.2) is 0 Å². The van der Waals surface area contributed by atoms with Crippen molar-refractivity contribution in [1.29, 1.82) is 0 Å². The third kappa shape index (κ3) is 29.5. The summed E-state index contributed by atoms with van der Waals surface area (Å²) in [4.78, 5) is 51.4. The second-order valence-electron chi connectivity index (χ2n) is 13.3. The van der Waals surface area contributed by atoms with Crippen LogP contribution in [-0.2, 0) is 41.8 Å². The molecular weight excluding hydrogens is 846 g/mol. The van der Waals surface area contributed by atoms with Crippen LogP contribution >= 0.6 is 27.4 Å². The number of rotatable bonds is 27. The normalized spacial score (nSPS) is 20.9. The van der Waals surface area contributed by atoms with Crippen molar-refractivity contribution in [3.63, 3.8) is 0 Å². The molecule has 0 aliphatic heterocycles. The van der Waals surface area contributed by atoms with E-state index in [1.54, 1.807) is 0 Å². The van der Waals surface area contributed by atoms with Crippen LogP contribution in [0.25, 0.3) is 0 Å². The Hall–Kier alpha value is -2.73. The van der Waals surface area contributed by atoms with Crippen molar-refractivity contribution in [3.8, 4) is 59.0 Å². The molecule has 4 unspecified atom stereocenters. The number of unbranched alkanes of at least 4 members (excludes halogenated alkanes) is 12. The number of carbonyl (C=O) groups is 2. The molecule has 20 heteroatoms. The lowest BCUT2D eigenvalue weighted by molar-refractivity contribution is -0.216. The van der Waals surface area contributed by atoms with Gasteiger partial charge in [0.05, 0.1) is 13.2 Å². The average molecular weight is 925 g/mol. The zero-order valence-electron chi connectivity index (χ0n) is 34.1. The zero-order chi connectivity index (χ0) is 45.2. The van der Waals surface area contributed by atoms with E-state index in [2.05, 4.69) is 64.1 Å². The number of phosphoric acid groups is 2. The Morgan fingerprint density at radius 3 is 1.67 bits per heavy atom. The highest BCUT2D eigenvalue weighted by atomic mass is 32.2. The Balaban J connectivity index is -0.000000151. The van der Waals surface area contributed by atoms with Crippen LogP contribution in [0.4, 0.5) is 0 Å². The molecule has 0 radical (unpaired) electrons. The van der Waals surface area contributed by atoms with Crippen molar-refractivity contribution in [2.24, 2.45) is 0 Å². The summed E-state index contributed by atoms with van der Waals surface area (Å²) in [6, 6.07) is 0. The number of terminal acetylenes is 1. The Bertz CT molecular complexity index is 1670. The summed E-state index contributed by atoms with van der Waals surface area (Å²) in [6.45, 7) is 2.20. The second-order valence-corrected chi connectivity index (χ2v) is 16.8. The molecule has 0 saturated heterocycles. The first-order valence-electron chi connectivity index (χ1n) is 19.7. The van der Waals surface area contributed by atoms with Crippen molar-refractivity contribution >= 4 is 38.5 Å². The Morgan fingerprint density at radius 1 is 0.667 bits per heavy atom. The molecule has 1 fully saturated rings. The highest BCUT2D eigenvalue weighted by Crippen LogP contribution is 2.49.